The Labute approximate surface area is 120 Å². The topological polar surface area (TPSA) is 49.8 Å². The fraction of sp³-hybridized carbons (Fsp3) is 0.500. The summed E-state index contributed by atoms with van der Waals surface area (Å²) in [6.07, 6.45) is -4.38. The van der Waals surface area contributed by atoms with Crippen molar-refractivity contribution in [2.45, 2.75) is 25.2 Å². The number of halogens is 3. The molecule has 1 aliphatic heterocycles. The number of rotatable bonds is 4. The van der Waals surface area contributed by atoms with E-state index in [4.69, 9.17) is 9.84 Å². The van der Waals surface area contributed by atoms with E-state index in [1.807, 2.05) is 4.90 Å². The van der Waals surface area contributed by atoms with Gasteiger partial charge in [-0.15, -0.1) is 0 Å². The van der Waals surface area contributed by atoms with Gasteiger partial charge in [-0.3, -0.25) is 9.69 Å². The standard InChI is InChI=1S/C14H16F3NO3/c15-14(16,17)11-3-1-10(2-4-11)8-18-5-6-21-9-12(18)7-13(19)20/h1-4,12H,5-9H2,(H,19,20). The molecule has 1 atom stereocenters. The molecule has 1 saturated heterocycles. The summed E-state index contributed by atoms with van der Waals surface area (Å²) in [4.78, 5) is 12.7. The van der Waals surface area contributed by atoms with E-state index in [0.29, 0.717) is 26.3 Å². The van der Waals surface area contributed by atoms with Gasteiger partial charge in [-0.2, -0.15) is 13.2 Å². The fourth-order valence-corrected chi connectivity index (χ4v) is 2.32. The second-order valence-corrected chi connectivity index (χ2v) is 4.99. The molecule has 0 radical (unpaired) electrons. The Morgan fingerprint density at radius 1 is 1.33 bits per heavy atom. The van der Waals surface area contributed by atoms with Crippen LogP contribution in [0.25, 0.3) is 0 Å². The normalized spacial score (nSPS) is 20.4. The maximum Gasteiger partial charge on any atom is 0.416 e. The second kappa shape index (κ2) is 6.44. The number of aliphatic carboxylic acids is 1. The van der Waals surface area contributed by atoms with Gasteiger partial charge in [0.25, 0.3) is 0 Å². The van der Waals surface area contributed by atoms with Crippen molar-refractivity contribution >= 4 is 5.97 Å². The van der Waals surface area contributed by atoms with E-state index >= 15 is 0 Å². The lowest BCUT2D eigenvalue weighted by atomic mass is 10.1. The molecule has 1 aliphatic rings. The van der Waals surface area contributed by atoms with Crippen molar-refractivity contribution in [3.8, 4) is 0 Å². The van der Waals surface area contributed by atoms with Gasteiger partial charge < -0.3 is 9.84 Å². The molecule has 1 heterocycles. The van der Waals surface area contributed by atoms with Crippen LogP contribution in [-0.4, -0.2) is 41.8 Å². The summed E-state index contributed by atoms with van der Waals surface area (Å²) >= 11 is 0. The Balaban J connectivity index is 2.03. The van der Waals surface area contributed by atoms with Crippen LogP contribution in [0.2, 0.25) is 0 Å². The predicted octanol–water partition coefficient (Wildman–Crippen LogP) is 2.38. The van der Waals surface area contributed by atoms with Gasteiger partial charge in [-0.25, -0.2) is 0 Å². The van der Waals surface area contributed by atoms with Crippen molar-refractivity contribution < 1.29 is 27.8 Å². The number of nitrogens with zero attached hydrogens (tertiary/aromatic N) is 1. The smallest absolute Gasteiger partial charge is 0.416 e. The first-order valence-electron chi connectivity index (χ1n) is 6.56. The van der Waals surface area contributed by atoms with Gasteiger partial charge >= 0.3 is 12.1 Å². The third kappa shape index (κ3) is 4.44. The van der Waals surface area contributed by atoms with E-state index in [-0.39, 0.29) is 12.5 Å². The first-order valence-corrected chi connectivity index (χ1v) is 6.56. The SMILES string of the molecule is O=C(O)CC1COCCN1Cc1ccc(C(F)(F)F)cc1. The van der Waals surface area contributed by atoms with Crippen LogP contribution < -0.4 is 0 Å². The molecule has 1 fully saturated rings. The molecule has 2 rings (SSSR count). The zero-order valence-electron chi connectivity index (χ0n) is 11.3. The van der Waals surface area contributed by atoms with E-state index in [2.05, 4.69) is 0 Å². The third-order valence-electron chi connectivity index (χ3n) is 3.43. The molecule has 1 N–H and O–H groups in total. The lowest BCUT2D eigenvalue weighted by Gasteiger charge is -2.34. The van der Waals surface area contributed by atoms with Gasteiger partial charge in [0.05, 0.1) is 25.2 Å². The molecule has 1 aromatic carbocycles. The molecule has 4 nitrogen and oxygen atoms in total. The molecule has 0 amide bonds. The summed E-state index contributed by atoms with van der Waals surface area (Å²) < 4.78 is 42.7. The molecular formula is C14H16F3NO3. The molecular weight excluding hydrogens is 287 g/mol. The van der Waals surface area contributed by atoms with Crippen LogP contribution >= 0.6 is 0 Å². The lowest BCUT2D eigenvalue weighted by Crippen LogP contribution is -2.45. The Kier molecular flexibility index (Phi) is 4.84. The maximum absolute atomic E-state index is 12.5. The zero-order valence-corrected chi connectivity index (χ0v) is 11.3. The number of carbonyl (C=O) groups is 1. The van der Waals surface area contributed by atoms with E-state index < -0.39 is 17.7 Å². The first kappa shape index (κ1) is 15.8. The highest BCUT2D eigenvalue weighted by atomic mass is 19.4. The van der Waals surface area contributed by atoms with Crippen molar-refractivity contribution in [1.82, 2.24) is 4.90 Å². The van der Waals surface area contributed by atoms with Gasteiger partial charge in [0.1, 0.15) is 0 Å². The molecule has 1 unspecified atom stereocenters. The lowest BCUT2D eigenvalue weighted by molar-refractivity contribution is -0.140. The fourth-order valence-electron chi connectivity index (χ4n) is 2.32. The van der Waals surface area contributed by atoms with Crippen molar-refractivity contribution in [1.29, 1.82) is 0 Å². The monoisotopic (exact) mass is 303 g/mol. The third-order valence-corrected chi connectivity index (χ3v) is 3.43. The molecule has 7 heteroatoms. The molecule has 0 aliphatic carbocycles. The second-order valence-electron chi connectivity index (χ2n) is 4.99. The van der Waals surface area contributed by atoms with Gasteiger partial charge in [-0.1, -0.05) is 12.1 Å². The minimum atomic E-state index is -4.34. The number of hydrogen-bond acceptors (Lipinski definition) is 3. The number of alkyl halides is 3. The van der Waals surface area contributed by atoms with Gasteiger partial charge in [-0.05, 0) is 17.7 Å². The number of benzene rings is 1. The van der Waals surface area contributed by atoms with Crippen LogP contribution in [0.1, 0.15) is 17.5 Å². The molecule has 116 valence electrons. The number of morpholine rings is 1. The summed E-state index contributed by atoms with van der Waals surface area (Å²) in [7, 11) is 0. The first-order chi connectivity index (χ1) is 9.86. The van der Waals surface area contributed by atoms with Gasteiger partial charge in [0.2, 0.25) is 0 Å². The average molecular weight is 303 g/mol. The van der Waals surface area contributed by atoms with Crippen molar-refractivity contribution in [3.63, 3.8) is 0 Å². The Hall–Kier alpha value is -1.60. The van der Waals surface area contributed by atoms with Crippen LogP contribution in [0.15, 0.2) is 24.3 Å². The maximum atomic E-state index is 12.5. The van der Waals surface area contributed by atoms with Crippen LogP contribution in [-0.2, 0) is 22.3 Å². The van der Waals surface area contributed by atoms with E-state index in [1.54, 1.807) is 0 Å². The Morgan fingerprint density at radius 2 is 2.00 bits per heavy atom. The van der Waals surface area contributed by atoms with E-state index in [9.17, 15) is 18.0 Å². The average Bonchev–Trinajstić information content (AvgIpc) is 2.40. The van der Waals surface area contributed by atoms with Crippen LogP contribution in [0.5, 0.6) is 0 Å². The highest BCUT2D eigenvalue weighted by molar-refractivity contribution is 5.67. The summed E-state index contributed by atoms with van der Waals surface area (Å²) in [5.41, 5.74) is 0.0376. The molecule has 0 saturated carbocycles. The number of ether oxygens (including phenoxy) is 1. The van der Waals surface area contributed by atoms with Crippen LogP contribution in [0, 0.1) is 0 Å². The highest BCUT2D eigenvalue weighted by Gasteiger charge is 2.30. The zero-order chi connectivity index (χ0) is 15.5. The van der Waals surface area contributed by atoms with Gasteiger partial charge in [0.15, 0.2) is 0 Å². The van der Waals surface area contributed by atoms with E-state index in [1.165, 1.54) is 12.1 Å². The minimum absolute atomic E-state index is 0.0410. The molecule has 0 aromatic heterocycles. The van der Waals surface area contributed by atoms with Crippen LogP contribution in [0.3, 0.4) is 0 Å². The highest BCUT2D eigenvalue weighted by Crippen LogP contribution is 2.29. The molecule has 1 aromatic rings. The predicted molar refractivity (Wildman–Crippen MR) is 68.7 cm³/mol. The van der Waals surface area contributed by atoms with Gasteiger partial charge in [0, 0.05) is 19.1 Å². The molecule has 0 spiro atoms. The number of carboxylic acids is 1. The number of hydrogen-bond donors (Lipinski definition) is 1. The van der Waals surface area contributed by atoms with Crippen molar-refractivity contribution in [3.05, 3.63) is 35.4 Å². The summed E-state index contributed by atoms with van der Waals surface area (Å²) in [5, 5.41) is 8.87. The van der Waals surface area contributed by atoms with Crippen LogP contribution in [0.4, 0.5) is 13.2 Å². The molecule has 21 heavy (non-hydrogen) atoms. The summed E-state index contributed by atoms with van der Waals surface area (Å²) in [5.74, 6) is -0.914. The quantitative estimate of drug-likeness (QED) is 0.928. The summed E-state index contributed by atoms with van der Waals surface area (Å²) in [6.45, 7) is 1.81. The van der Waals surface area contributed by atoms with Crippen molar-refractivity contribution in [2.24, 2.45) is 0 Å². The Bertz CT molecular complexity index is 487. The minimum Gasteiger partial charge on any atom is -0.481 e. The number of carboxylic acid groups (broad SMARTS) is 1. The summed E-state index contributed by atoms with van der Waals surface area (Å²) in [6, 6.07) is 4.69. The van der Waals surface area contributed by atoms with E-state index in [0.717, 1.165) is 17.7 Å². The largest absolute Gasteiger partial charge is 0.481 e. The Morgan fingerprint density at radius 3 is 2.57 bits per heavy atom. The molecule has 0 bridgehead atoms. The van der Waals surface area contributed by atoms with Crippen molar-refractivity contribution in [2.75, 3.05) is 19.8 Å².